The van der Waals surface area contributed by atoms with Crippen molar-refractivity contribution in [3.05, 3.63) is 48.0 Å². The summed E-state index contributed by atoms with van der Waals surface area (Å²) >= 11 is 0. The van der Waals surface area contributed by atoms with Crippen LogP contribution in [0.5, 0.6) is 17.2 Å². The third-order valence-corrected chi connectivity index (χ3v) is 3.02. The lowest BCUT2D eigenvalue weighted by atomic mass is 10.2. The predicted octanol–water partition coefficient (Wildman–Crippen LogP) is 2.95. The largest absolute Gasteiger partial charge is 0.508 e. The van der Waals surface area contributed by atoms with E-state index in [2.05, 4.69) is 10.3 Å². The van der Waals surface area contributed by atoms with E-state index >= 15 is 0 Å². The van der Waals surface area contributed by atoms with E-state index in [1.54, 1.807) is 50.6 Å². The van der Waals surface area contributed by atoms with Crippen molar-refractivity contribution in [3.8, 4) is 17.2 Å². The number of nitrogens with two attached hydrogens (primary N) is 1. The number of hydrogen-bond acceptors (Lipinski definition) is 4. The van der Waals surface area contributed by atoms with E-state index in [4.69, 9.17) is 15.2 Å². The Morgan fingerprint density at radius 2 is 1.74 bits per heavy atom. The maximum atomic E-state index is 9.23. The second-order valence-electron chi connectivity index (χ2n) is 4.56. The number of aliphatic imine (C=N–C) groups is 1. The molecule has 0 bridgehead atoms. The number of methoxy groups -OCH3 is 2. The first-order valence-corrected chi connectivity index (χ1v) is 6.69. The summed E-state index contributed by atoms with van der Waals surface area (Å²) in [5, 5.41) is 12.2. The molecule has 2 aromatic rings. The molecule has 0 saturated heterocycles. The molecule has 0 spiro atoms. The van der Waals surface area contributed by atoms with Crippen LogP contribution in [-0.2, 0) is 6.54 Å². The van der Waals surface area contributed by atoms with Crippen LogP contribution < -0.4 is 20.5 Å². The van der Waals surface area contributed by atoms with Gasteiger partial charge in [-0.3, -0.25) is 0 Å². The number of nitrogens with zero attached hydrogens (tertiary/aromatic N) is 1. The summed E-state index contributed by atoms with van der Waals surface area (Å²) in [7, 11) is 3.16. The van der Waals surface area contributed by atoms with Crippen molar-refractivity contribution in [2.24, 2.45) is 10.7 Å². The fourth-order valence-electron chi connectivity index (χ4n) is 1.88. The van der Waals surface area contributed by atoms with Gasteiger partial charge in [0, 0.05) is 11.8 Å². The average molecular weight is 429 g/mol. The van der Waals surface area contributed by atoms with E-state index in [1.807, 2.05) is 6.07 Å². The molecule has 0 aromatic heterocycles. The molecule has 6 nitrogen and oxygen atoms in total. The summed E-state index contributed by atoms with van der Waals surface area (Å²) in [5.74, 6) is 1.77. The molecule has 0 aliphatic rings. The molecule has 0 unspecified atom stereocenters. The minimum Gasteiger partial charge on any atom is -0.508 e. The minimum atomic E-state index is 0. The molecule has 0 aliphatic heterocycles. The highest BCUT2D eigenvalue weighted by atomic mass is 127. The molecule has 23 heavy (non-hydrogen) atoms. The van der Waals surface area contributed by atoms with Crippen molar-refractivity contribution in [1.29, 1.82) is 0 Å². The Balaban J connectivity index is 0.00000264. The quantitative estimate of drug-likeness (QED) is 0.387. The number of anilines is 1. The Kier molecular flexibility index (Phi) is 7.46. The number of guanidine groups is 1. The van der Waals surface area contributed by atoms with Gasteiger partial charge in [0.05, 0.1) is 20.8 Å². The van der Waals surface area contributed by atoms with Crippen LogP contribution in [0.2, 0.25) is 0 Å². The Hall–Kier alpha value is -2.16. The number of rotatable bonds is 5. The first kappa shape index (κ1) is 18.9. The molecular formula is C16H20IN3O3. The number of phenolic OH excluding ortho intramolecular Hbond substituents is 1. The number of nitrogens with one attached hydrogen (secondary N) is 1. The fraction of sp³-hybridized carbons (Fsp3) is 0.188. The first-order chi connectivity index (χ1) is 10.6. The van der Waals surface area contributed by atoms with Crippen LogP contribution in [0.25, 0.3) is 0 Å². The molecule has 0 saturated carbocycles. The van der Waals surface area contributed by atoms with Gasteiger partial charge in [-0.2, -0.15) is 0 Å². The van der Waals surface area contributed by atoms with Gasteiger partial charge in [-0.25, -0.2) is 4.99 Å². The Bertz CT molecular complexity index is 660. The summed E-state index contributed by atoms with van der Waals surface area (Å²) in [6.45, 7) is 0.423. The van der Waals surface area contributed by atoms with Gasteiger partial charge in [-0.05, 0) is 29.8 Å². The average Bonchev–Trinajstić information content (AvgIpc) is 2.54. The van der Waals surface area contributed by atoms with Crippen LogP contribution in [0.3, 0.4) is 0 Å². The van der Waals surface area contributed by atoms with Crippen LogP contribution in [0.1, 0.15) is 5.56 Å². The second-order valence-corrected chi connectivity index (χ2v) is 4.56. The smallest absolute Gasteiger partial charge is 0.193 e. The van der Waals surface area contributed by atoms with Crippen molar-refractivity contribution in [2.75, 3.05) is 19.5 Å². The molecule has 7 heteroatoms. The topological polar surface area (TPSA) is 89.1 Å². The van der Waals surface area contributed by atoms with Crippen molar-refractivity contribution in [2.45, 2.75) is 6.54 Å². The van der Waals surface area contributed by atoms with Crippen molar-refractivity contribution >= 4 is 35.6 Å². The number of phenols is 1. The lowest BCUT2D eigenvalue weighted by Crippen LogP contribution is -2.22. The van der Waals surface area contributed by atoms with Crippen molar-refractivity contribution < 1.29 is 14.6 Å². The van der Waals surface area contributed by atoms with Gasteiger partial charge < -0.3 is 25.6 Å². The molecule has 4 N–H and O–H groups in total. The highest BCUT2D eigenvalue weighted by molar-refractivity contribution is 14.0. The second kappa shape index (κ2) is 9.09. The zero-order valence-electron chi connectivity index (χ0n) is 12.9. The SMILES string of the molecule is COc1ccc(NC(N)=NCc2ccc(O)cc2)cc1OC.I. The van der Waals surface area contributed by atoms with Crippen LogP contribution >= 0.6 is 24.0 Å². The van der Waals surface area contributed by atoms with Crippen LogP contribution in [0, 0.1) is 0 Å². The maximum absolute atomic E-state index is 9.23. The number of benzene rings is 2. The third-order valence-electron chi connectivity index (χ3n) is 3.02. The molecule has 0 fully saturated rings. The molecule has 0 radical (unpaired) electrons. The highest BCUT2D eigenvalue weighted by Gasteiger charge is 2.05. The van der Waals surface area contributed by atoms with Crippen LogP contribution in [0.4, 0.5) is 5.69 Å². The first-order valence-electron chi connectivity index (χ1n) is 6.69. The summed E-state index contributed by atoms with van der Waals surface area (Å²) in [4.78, 5) is 4.25. The molecular weight excluding hydrogens is 409 g/mol. The Morgan fingerprint density at radius 1 is 1.09 bits per heavy atom. The van der Waals surface area contributed by atoms with Gasteiger partial charge >= 0.3 is 0 Å². The van der Waals surface area contributed by atoms with Crippen LogP contribution in [-0.4, -0.2) is 25.3 Å². The van der Waals surface area contributed by atoms with Gasteiger partial charge in [0.25, 0.3) is 0 Å². The Morgan fingerprint density at radius 3 is 2.35 bits per heavy atom. The summed E-state index contributed by atoms with van der Waals surface area (Å²) in [6, 6.07) is 12.2. The van der Waals surface area contributed by atoms with Crippen LogP contribution in [0.15, 0.2) is 47.5 Å². The zero-order valence-corrected chi connectivity index (χ0v) is 15.3. The van der Waals surface area contributed by atoms with Gasteiger partial charge in [-0.15, -0.1) is 24.0 Å². The Labute approximate surface area is 152 Å². The molecule has 2 aromatic carbocycles. The number of ether oxygens (including phenoxy) is 2. The van der Waals surface area contributed by atoms with E-state index < -0.39 is 0 Å². The van der Waals surface area contributed by atoms with E-state index in [0.29, 0.717) is 24.0 Å². The summed E-state index contributed by atoms with van der Waals surface area (Å²) in [6.07, 6.45) is 0. The maximum Gasteiger partial charge on any atom is 0.193 e. The molecule has 0 aliphatic carbocycles. The van der Waals surface area contributed by atoms with E-state index in [1.165, 1.54) is 0 Å². The number of halogens is 1. The van der Waals surface area contributed by atoms with Crippen molar-refractivity contribution in [1.82, 2.24) is 0 Å². The molecule has 2 rings (SSSR count). The molecule has 0 atom stereocenters. The lowest BCUT2D eigenvalue weighted by molar-refractivity contribution is 0.355. The summed E-state index contributed by atoms with van der Waals surface area (Å²) < 4.78 is 10.4. The molecule has 124 valence electrons. The fourth-order valence-corrected chi connectivity index (χ4v) is 1.88. The third kappa shape index (κ3) is 5.51. The molecule has 0 heterocycles. The van der Waals surface area contributed by atoms with E-state index in [0.717, 1.165) is 11.3 Å². The standard InChI is InChI=1S/C16H19N3O3.HI/c1-21-14-8-5-12(9-15(14)22-2)19-16(17)18-10-11-3-6-13(20)7-4-11;/h3-9,20H,10H2,1-2H3,(H3,17,18,19);1H. The van der Waals surface area contributed by atoms with Crippen molar-refractivity contribution in [3.63, 3.8) is 0 Å². The van der Waals surface area contributed by atoms with E-state index in [9.17, 15) is 5.11 Å². The minimum absolute atomic E-state index is 0. The number of aromatic hydroxyl groups is 1. The lowest BCUT2D eigenvalue weighted by Gasteiger charge is -2.11. The molecule has 0 amide bonds. The van der Waals surface area contributed by atoms with Gasteiger partial charge in [-0.1, -0.05) is 12.1 Å². The van der Waals surface area contributed by atoms with Gasteiger partial charge in [0.2, 0.25) is 0 Å². The van der Waals surface area contributed by atoms with Gasteiger partial charge in [0.15, 0.2) is 17.5 Å². The monoisotopic (exact) mass is 429 g/mol. The normalized spacial score (nSPS) is 10.6. The van der Waals surface area contributed by atoms with Gasteiger partial charge in [0.1, 0.15) is 5.75 Å². The zero-order chi connectivity index (χ0) is 15.9. The summed E-state index contributed by atoms with van der Waals surface area (Å²) in [5.41, 5.74) is 7.57. The highest BCUT2D eigenvalue weighted by Crippen LogP contribution is 2.29. The van der Waals surface area contributed by atoms with E-state index in [-0.39, 0.29) is 29.7 Å². The predicted molar refractivity (Wildman–Crippen MR) is 102 cm³/mol. The number of hydrogen-bond donors (Lipinski definition) is 3.